The van der Waals surface area contributed by atoms with Gasteiger partial charge >= 0.3 is 12.2 Å². The van der Waals surface area contributed by atoms with Crippen LogP contribution < -0.4 is 5.32 Å². The molecule has 2 amide bonds. The number of nitrogens with one attached hydrogen (secondary N) is 1. The van der Waals surface area contributed by atoms with Crippen molar-refractivity contribution in [1.82, 2.24) is 4.90 Å². The summed E-state index contributed by atoms with van der Waals surface area (Å²) in [5, 5.41) is 11.5. The van der Waals surface area contributed by atoms with Crippen molar-refractivity contribution >= 4 is 11.7 Å². The molecule has 0 saturated carbocycles. The van der Waals surface area contributed by atoms with Crippen LogP contribution in [0.3, 0.4) is 0 Å². The number of aliphatic hydroxyl groups excluding tert-OH is 1. The molecule has 2 rings (SSSR count). The molecule has 1 aliphatic rings. The fourth-order valence-corrected chi connectivity index (χ4v) is 1.96. The summed E-state index contributed by atoms with van der Waals surface area (Å²) < 4.78 is 42.5. The van der Waals surface area contributed by atoms with Crippen LogP contribution in [0.4, 0.5) is 23.7 Å². The Morgan fingerprint density at radius 2 is 2.05 bits per heavy atom. The highest BCUT2D eigenvalue weighted by molar-refractivity contribution is 5.89. The molecular weight excluding hydrogens is 289 g/mol. The smallest absolute Gasteiger partial charge is 0.394 e. The van der Waals surface area contributed by atoms with E-state index in [1.807, 2.05) is 0 Å². The molecule has 0 spiro atoms. The van der Waals surface area contributed by atoms with Crippen LogP contribution in [0.25, 0.3) is 0 Å². The number of hydrogen-bond donors (Lipinski definition) is 2. The molecule has 1 aromatic rings. The van der Waals surface area contributed by atoms with E-state index in [1.165, 1.54) is 17.0 Å². The fraction of sp³-hybridized carbons (Fsp3) is 0.462. The van der Waals surface area contributed by atoms with Crippen molar-refractivity contribution in [3.63, 3.8) is 0 Å². The molecule has 0 aliphatic carbocycles. The molecule has 5 nitrogen and oxygen atoms in total. The van der Waals surface area contributed by atoms with Gasteiger partial charge in [-0.1, -0.05) is 0 Å². The van der Waals surface area contributed by atoms with E-state index in [-0.39, 0.29) is 18.8 Å². The summed E-state index contributed by atoms with van der Waals surface area (Å²) in [5.74, 6) is 0. The molecule has 1 heterocycles. The molecule has 1 atom stereocenters. The van der Waals surface area contributed by atoms with Crippen LogP contribution in [0.5, 0.6) is 0 Å². The minimum Gasteiger partial charge on any atom is -0.394 e. The van der Waals surface area contributed by atoms with Gasteiger partial charge in [-0.25, -0.2) is 4.79 Å². The fourth-order valence-electron chi connectivity index (χ4n) is 1.96. The number of aliphatic hydroxyl groups is 1. The Kier molecular flexibility index (Phi) is 4.69. The third kappa shape index (κ3) is 4.08. The number of benzene rings is 1. The first-order chi connectivity index (χ1) is 9.90. The maximum Gasteiger partial charge on any atom is 0.416 e. The number of carbonyl (C=O) groups is 1. The number of halogens is 3. The van der Waals surface area contributed by atoms with Gasteiger partial charge in [0.25, 0.3) is 0 Å². The first kappa shape index (κ1) is 15.6. The number of hydrogen-bond acceptors (Lipinski definition) is 3. The maximum absolute atomic E-state index is 12.4. The number of amides is 2. The average Bonchev–Trinajstić information content (AvgIpc) is 2.47. The lowest BCUT2D eigenvalue weighted by atomic mass is 10.2. The second kappa shape index (κ2) is 6.31. The van der Waals surface area contributed by atoms with Crippen molar-refractivity contribution in [1.29, 1.82) is 0 Å². The Bertz CT molecular complexity index is 490. The van der Waals surface area contributed by atoms with Crippen LogP contribution in [0.2, 0.25) is 0 Å². The van der Waals surface area contributed by atoms with Gasteiger partial charge in [-0.2, -0.15) is 13.2 Å². The summed E-state index contributed by atoms with van der Waals surface area (Å²) in [5.41, 5.74) is -0.493. The Hall–Kier alpha value is -1.80. The van der Waals surface area contributed by atoms with E-state index in [9.17, 15) is 18.0 Å². The lowest BCUT2D eigenvalue weighted by molar-refractivity contribution is -0.137. The quantitative estimate of drug-likeness (QED) is 0.877. The normalized spacial score (nSPS) is 19.4. The van der Waals surface area contributed by atoms with E-state index < -0.39 is 23.9 Å². The highest BCUT2D eigenvalue weighted by Gasteiger charge is 2.30. The van der Waals surface area contributed by atoms with Crippen LogP contribution in [0, 0.1) is 0 Å². The number of anilines is 1. The number of rotatable bonds is 2. The molecule has 1 fully saturated rings. The molecule has 1 aliphatic heterocycles. The highest BCUT2D eigenvalue weighted by Crippen LogP contribution is 2.29. The molecule has 1 unspecified atom stereocenters. The molecule has 21 heavy (non-hydrogen) atoms. The topological polar surface area (TPSA) is 61.8 Å². The zero-order valence-electron chi connectivity index (χ0n) is 11.1. The van der Waals surface area contributed by atoms with Gasteiger partial charge in [-0.3, -0.25) is 0 Å². The Morgan fingerprint density at radius 1 is 1.38 bits per heavy atom. The number of carbonyl (C=O) groups excluding carboxylic acids is 1. The van der Waals surface area contributed by atoms with Gasteiger partial charge in [-0.15, -0.1) is 0 Å². The second-order valence-electron chi connectivity index (χ2n) is 4.63. The monoisotopic (exact) mass is 304 g/mol. The Morgan fingerprint density at radius 3 is 2.62 bits per heavy atom. The molecular formula is C13H15F3N2O3. The summed E-state index contributed by atoms with van der Waals surface area (Å²) >= 11 is 0. The van der Waals surface area contributed by atoms with Gasteiger partial charge < -0.3 is 20.1 Å². The van der Waals surface area contributed by atoms with Gasteiger partial charge in [0, 0.05) is 12.2 Å². The van der Waals surface area contributed by atoms with E-state index >= 15 is 0 Å². The van der Waals surface area contributed by atoms with E-state index in [4.69, 9.17) is 9.84 Å². The van der Waals surface area contributed by atoms with Crippen molar-refractivity contribution < 1.29 is 27.8 Å². The Balaban J connectivity index is 1.96. The molecule has 116 valence electrons. The second-order valence-corrected chi connectivity index (χ2v) is 4.63. The first-order valence-electron chi connectivity index (χ1n) is 6.36. The van der Waals surface area contributed by atoms with Gasteiger partial charge in [0.05, 0.1) is 31.4 Å². The molecule has 0 radical (unpaired) electrons. The molecule has 1 saturated heterocycles. The highest BCUT2D eigenvalue weighted by atomic mass is 19.4. The standard InChI is InChI=1S/C13H15F3N2O3/c14-13(15,16)9-1-3-10(4-2-9)17-12(20)18-5-6-21-11(7-18)8-19/h1-4,11,19H,5-8H2,(H,17,20). The minimum atomic E-state index is -4.40. The summed E-state index contributed by atoms with van der Waals surface area (Å²) in [6.45, 7) is 0.724. The molecule has 2 N–H and O–H groups in total. The first-order valence-corrected chi connectivity index (χ1v) is 6.36. The van der Waals surface area contributed by atoms with Crippen molar-refractivity contribution in [2.24, 2.45) is 0 Å². The molecule has 0 aromatic heterocycles. The summed E-state index contributed by atoms with van der Waals surface area (Å²) in [7, 11) is 0. The van der Waals surface area contributed by atoms with Crippen molar-refractivity contribution in [3.8, 4) is 0 Å². The summed E-state index contributed by atoms with van der Waals surface area (Å²) in [4.78, 5) is 13.4. The lowest BCUT2D eigenvalue weighted by Gasteiger charge is -2.32. The average molecular weight is 304 g/mol. The van der Waals surface area contributed by atoms with Gasteiger partial charge in [0.1, 0.15) is 0 Å². The van der Waals surface area contributed by atoms with Gasteiger partial charge in [0.15, 0.2) is 0 Å². The van der Waals surface area contributed by atoms with Crippen LogP contribution in [0.1, 0.15) is 5.56 Å². The van der Waals surface area contributed by atoms with E-state index in [1.54, 1.807) is 0 Å². The lowest BCUT2D eigenvalue weighted by Crippen LogP contribution is -2.48. The minimum absolute atomic E-state index is 0.190. The largest absolute Gasteiger partial charge is 0.416 e. The number of alkyl halides is 3. The van der Waals surface area contributed by atoms with Crippen molar-refractivity contribution in [2.45, 2.75) is 12.3 Å². The third-order valence-corrected chi connectivity index (χ3v) is 3.09. The van der Waals surface area contributed by atoms with E-state index in [0.29, 0.717) is 13.2 Å². The molecule has 8 heteroatoms. The zero-order chi connectivity index (χ0) is 15.5. The number of nitrogens with zero attached hydrogens (tertiary/aromatic N) is 1. The van der Waals surface area contributed by atoms with Gasteiger partial charge in [-0.05, 0) is 24.3 Å². The molecule has 0 bridgehead atoms. The summed E-state index contributed by atoms with van der Waals surface area (Å²) in [6, 6.07) is 3.78. The van der Waals surface area contributed by atoms with Crippen LogP contribution in [-0.4, -0.2) is 48.4 Å². The predicted molar refractivity (Wildman–Crippen MR) is 68.9 cm³/mol. The SMILES string of the molecule is O=C(Nc1ccc(C(F)(F)F)cc1)N1CCOC(CO)C1. The Labute approximate surface area is 119 Å². The van der Waals surface area contributed by atoms with Crippen LogP contribution in [0.15, 0.2) is 24.3 Å². The molecule has 1 aromatic carbocycles. The number of urea groups is 1. The summed E-state index contributed by atoms with van der Waals surface area (Å²) in [6.07, 6.45) is -4.83. The van der Waals surface area contributed by atoms with Crippen molar-refractivity contribution in [3.05, 3.63) is 29.8 Å². The van der Waals surface area contributed by atoms with E-state index in [0.717, 1.165) is 12.1 Å². The third-order valence-electron chi connectivity index (χ3n) is 3.09. The predicted octanol–water partition coefficient (Wildman–Crippen LogP) is 1.93. The number of morpholine rings is 1. The van der Waals surface area contributed by atoms with E-state index in [2.05, 4.69) is 5.32 Å². The number of ether oxygens (including phenoxy) is 1. The van der Waals surface area contributed by atoms with Gasteiger partial charge in [0.2, 0.25) is 0 Å². The van der Waals surface area contributed by atoms with Crippen molar-refractivity contribution in [2.75, 3.05) is 31.6 Å². The van der Waals surface area contributed by atoms with Crippen LogP contribution >= 0.6 is 0 Å². The zero-order valence-corrected chi connectivity index (χ0v) is 11.1. The van der Waals surface area contributed by atoms with Crippen LogP contribution in [-0.2, 0) is 10.9 Å². The maximum atomic E-state index is 12.4.